The maximum atomic E-state index is 12.4. The van der Waals surface area contributed by atoms with Gasteiger partial charge in [0.15, 0.2) is 11.6 Å². The minimum Gasteiger partial charge on any atom is -0.293 e. The van der Waals surface area contributed by atoms with Crippen LogP contribution in [-0.2, 0) is 0 Å². The molecule has 0 saturated carbocycles. The molecule has 2 rings (SSSR count). The fraction of sp³-hybridized carbons (Fsp3) is 0.176. The molecule has 2 aromatic rings. The van der Waals surface area contributed by atoms with Crippen LogP contribution in [0.1, 0.15) is 34.1 Å². The molecule has 0 unspecified atom stereocenters. The summed E-state index contributed by atoms with van der Waals surface area (Å²) in [7, 11) is 0. The Bertz CT molecular complexity index is 507. The van der Waals surface area contributed by atoms with Gasteiger partial charge in [0.05, 0.1) is 5.92 Å². The van der Waals surface area contributed by atoms with Crippen LogP contribution in [0.5, 0.6) is 0 Å². The van der Waals surface area contributed by atoms with Gasteiger partial charge in [0.1, 0.15) is 0 Å². The summed E-state index contributed by atoms with van der Waals surface area (Å²) in [5.74, 6) is -0.793. The highest BCUT2D eigenvalue weighted by Crippen LogP contribution is 2.18. The molecule has 0 bridgehead atoms. The molecule has 0 aromatic heterocycles. The number of hydrogen-bond acceptors (Lipinski definition) is 2. The third-order valence-corrected chi connectivity index (χ3v) is 3.16. The van der Waals surface area contributed by atoms with Crippen LogP contribution in [0, 0.1) is 5.92 Å². The summed E-state index contributed by atoms with van der Waals surface area (Å²) in [6, 6.07) is 18.0. The second kappa shape index (κ2) is 6.10. The van der Waals surface area contributed by atoms with Gasteiger partial charge in [0.25, 0.3) is 0 Å². The predicted molar refractivity (Wildman–Crippen MR) is 75.3 cm³/mol. The summed E-state index contributed by atoms with van der Waals surface area (Å²) in [6.07, 6.45) is 0.515. The van der Waals surface area contributed by atoms with E-state index in [1.807, 2.05) is 43.3 Å². The number of hydrogen-bond donors (Lipinski definition) is 0. The van der Waals surface area contributed by atoms with E-state index in [0.717, 1.165) is 0 Å². The summed E-state index contributed by atoms with van der Waals surface area (Å²) in [4.78, 5) is 24.7. The van der Waals surface area contributed by atoms with E-state index >= 15 is 0 Å². The molecule has 0 atom stereocenters. The van der Waals surface area contributed by atoms with Crippen LogP contribution in [0.25, 0.3) is 0 Å². The largest absolute Gasteiger partial charge is 0.293 e. The first-order valence-electron chi connectivity index (χ1n) is 6.42. The molecule has 0 saturated heterocycles. The van der Waals surface area contributed by atoms with Crippen molar-refractivity contribution in [3.63, 3.8) is 0 Å². The van der Waals surface area contributed by atoms with Gasteiger partial charge in [0.2, 0.25) is 0 Å². The Kier molecular flexibility index (Phi) is 4.24. The average molecular weight is 252 g/mol. The zero-order valence-corrected chi connectivity index (χ0v) is 10.9. The van der Waals surface area contributed by atoms with Crippen molar-refractivity contribution in [1.82, 2.24) is 0 Å². The lowest BCUT2D eigenvalue weighted by Gasteiger charge is -2.12. The van der Waals surface area contributed by atoms with Gasteiger partial charge in [-0.2, -0.15) is 0 Å². The Hall–Kier alpha value is -2.22. The van der Waals surface area contributed by atoms with E-state index in [2.05, 4.69) is 0 Å². The first kappa shape index (κ1) is 13.2. The molecule has 19 heavy (non-hydrogen) atoms. The van der Waals surface area contributed by atoms with E-state index in [-0.39, 0.29) is 11.6 Å². The average Bonchev–Trinajstić information content (AvgIpc) is 2.49. The smallest absolute Gasteiger partial charge is 0.173 e. The van der Waals surface area contributed by atoms with E-state index in [1.54, 1.807) is 24.3 Å². The minimum atomic E-state index is -0.593. The number of carbonyl (C=O) groups excluding carboxylic acids is 2. The number of benzene rings is 2. The Morgan fingerprint density at radius 3 is 1.47 bits per heavy atom. The Balaban J connectivity index is 2.26. The zero-order chi connectivity index (χ0) is 13.7. The van der Waals surface area contributed by atoms with E-state index in [1.165, 1.54) is 0 Å². The maximum absolute atomic E-state index is 12.4. The van der Waals surface area contributed by atoms with Gasteiger partial charge in [-0.3, -0.25) is 9.59 Å². The molecule has 0 N–H and O–H groups in total. The van der Waals surface area contributed by atoms with Gasteiger partial charge in [-0.15, -0.1) is 0 Å². The molecule has 0 amide bonds. The van der Waals surface area contributed by atoms with Gasteiger partial charge >= 0.3 is 0 Å². The molecule has 2 heteroatoms. The van der Waals surface area contributed by atoms with Crippen molar-refractivity contribution in [2.75, 3.05) is 0 Å². The molecule has 96 valence electrons. The van der Waals surface area contributed by atoms with Crippen molar-refractivity contribution in [3.05, 3.63) is 71.8 Å². The van der Waals surface area contributed by atoms with E-state index in [9.17, 15) is 9.59 Å². The predicted octanol–water partition coefficient (Wildman–Crippen LogP) is 3.78. The van der Waals surface area contributed by atoms with Crippen LogP contribution in [0.15, 0.2) is 60.7 Å². The molecule has 0 aliphatic carbocycles. The van der Waals surface area contributed by atoms with Crippen molar-refractivity contribution in [2.45, 2.75) is 13.3 Å². The van der Waals surface area contributed by atoms with Gasteiger partial charge in [-0.05, 0) is 6.42 Å². The fourth-order valence-electron chi connectivity index (χ4n) is 2.10. The standard InChI is InChI=1S/C17H16O2/c1-2-15(16(18)13-9-5-3-6-10-13)17(19)14-11-7-4-8-12-14/h3-12,15H,2H2,1H3. The molecule has 0 aliphatic rings. The first-order valence-corrected chi connectivity index (χ1v) is 6.42. The SMILES string of the molecule is CCC(C(=O)c1ccccc1)C(=O)c1ccccc1. The molecule has 0 heterocycles. The van der Waals surface area contributed by atoms with Crippen molar-refractivity contribution in [1.29, 1.82) is 0 Å². The van der Waals surface area contributed by atoms with E-state index < -0.39 is 5.92 Å². The van der Waals surface area contributed by atoms with Gasteiger partial charge < -0.3 is 0 Å². The van der Waals surface area contributed by atoms with Crippen LogP contribution in [-0.4, -0.2) is 11.6 Å². The lowest BCUT2D eigenvalue weighted by Crippen LogP contribution is -2.23. The molecular weight excluding hydrogens is 236 g/mol. The number of Topliss-reactive ketones (excluding diaryl/α,β-unsaturated/α-hetero) is 2. The third-order valence-electron chi connectivity index (χ3n) is 3.16. The molecule has 0 spiro atoms. The number of rotatable bonds is 5. The van der Waals surface area contributed by atoms with Crippen molar-refractivity contribution in [2.24, 2.45) is 5.92 Å². The monoisotopic (exact) mass is 252 g/mol. The van der Waals surface area contributed by atoms with Gasteiger partial charge in [-0.25, -0.2) is 0 Å². The normalized spacial score (nSPS) is 10.4. The highest BCUT2D eigenvalue weighted by Gasteiger charge is 2.26. The van der Waals surface area contributed by atoms with E-state index in [0.29, 0.717) is 17.5 Å². The second-order valence-electron chi connectivity index (χ2n) is 4.42. The molecule has 0 fully saturated rings. The Morgan fingerprint density at radius 2 is 1.16 bits per heavy atom. The fourth-order valence-corrected chi connectivity index (χ4v) is 2.10. The highest BCUT2D eigenvalue weighted by atomic mass is 16.1. The van der Waals surface area contributed by atoms with Crippen molar-refractivity contribution < 1.29 is 9.59 Å². The minimum absolute atomic E-state index is 0.100. The molecule has 2 aromatic carbocycles. The topological polar surface area (TPSA) is 34.1 Å². The molecule has 2 nitrogen and oxygen atoms in total. The number of carbonyl (C=O) groups is 2. The van der Waals surface area contributed by atoms with Crippen LogP contribution in [0.2, 0.25) is 0 Å². The first-order chi connectivity index (χ1) is 9.24. The summed E-state index contributed by atoms with van der Waals surface area (Å²) in [5, 5.41) is 0. The lowest BCUT2D eigenvalue weighted by molar-refractivity contribution is 0.0804. The van der Waals surface area contributed by atoms with Crippen molar-refractivity contribution >= 4 is 11.6 Å². The van der Waals surface area contributed by atoms with Crippen LogP contribution < -0.4 is 0 Å². The Labute approximate surface area is 113 Å². The Morgan fingerprint density at radius 1 is 0.789 bits per heavy atom. The van der Waals surface area contributed by atoms with Crippen LogP contribution >= 0.6 is 0 Å². The second-order valence-corrected chi connectivity index (χ2v) is 4.42. The lowest BCUT2D eigenvalue weighted by atomic mass is 9.88. The quantitative estimate of drug-likeness (QED) is 0.599. The highest BCUT2D eigenvalue weighted by molar-refractivity contribution is 6.16. The maximum Gasteiger partial charge on any atom is 0.173 e. The van der Waals surface area contributed by atoms with Crippen LogP contribution in [0.3, 0.4) is 0 Å². The zero-order valence-electron chi connectivity index (χ0n) is 10.9. The number of ketones is 2. The van der Waals surface area contributed by atoms with E-state index in [4.69, 9.17) is 0 Å². The van der Waals surface area contributed by atoms with Gasteiger partial charge in [0, 0.05) is 11.1 Å². The van der Waals surface area contributed by atoms with Crippen molar-refractivity contribution in [3.8, 4) is 0 Å². The third kappa shape index (κ3) is 2.97. The summed E-state index contributed by atoms with van der Waals surface area (Å²) >= 11 is 0. The summed E-state index contributed by atoms with van der Waals surface area (Å²) in [6.45, 7) is 1.87. The van der Waals surface area contributed by atoms with Crippen LogP contribution in [0.4, 0.5) is 0 Å². The molecule has 0 radical (unpaired) electrons. The molecular formula is C17H16O2. The van der Waals surface area contributed by atoms with Gasteiger partial charge in [-0.1, -0.05) is 67.6 Å². The summed E-state index contributed by atoms with van der Waals surface area (Å²) in [5.41, 5.74) is 1.19. The summed E-state index contributed by atoms with van der Waals surface area (Å²) < 4.78 is 0. The molecule has 0 aliphatic heterocycles.